The number of likely N-dealkylation sites (tertiary alicyclic amines) is 1. The molecule has 1 aliphatic rings. The molecule has 4 heteroatoms. The number of benzene rings is 1. The van der Waals surface area contributed by atoms with Crippen molar-refractivity contribution in [3.05, 3.63) is 30.1 Å². The molecule has 0 aromatic heterocycles. The lowest BCUT2D eigenvalue weighted by atomic mass is 9.92. The first-order valence-electron chi connectivity index (χ1n) is 6.36. The molecule has 0 aliphatic carbocycles. The van der Waals surface area contributed by atoms with Crippen molar-refractivity contribution in [3.8, 4) is 0 Å². The highest BCUT2D eigenvalue weighted by Gasteiger charge is 2.23. The topological polar surface area (TPSA) is 15.3 Å². The maximum absolute atomic E-state index is 13.5. The summed E-state index contributed by atoms with van der Waals surface area (Å²) in [6.45, 7) is 6.36. The lowest BCUT2D eigenvalue weighted by Crippen LogP contribution is -2.44. The summed E-state index contributed by atoms with van der Waals surface area (Å²) >= 11 is 5.37. The first kappa shape index (κ1) is 13.3. The average molecular weight is 266 g/mol. The molecular formula is C14H19FN2S. The molecule has 98 valence electrons. The molecule has 1 N–H and O–H groups in total. The largest absolute Gasteiger partial charge is 0.348 e. The molecule has 1 aromatic carbocycles. The van der Waals surface area contributed by atoms with Crippen molar-refractivity contribution in [1.82, 2.24) is 4.90 Å². The van der Waals surface area contributed by atoms with Crippen molar-refractivity contribution in [2.45, 2.75) is 20.3 Å². The van der Waals surface area contributed by atoms with Crippen molar-refractivity contribution in [2.24, 2.45) is 11.8 Å². The van der Waals surface area contributed by atoms with E-state index in [0.717, 1.165) is 13.1 Å². The summed E-state index contributed by atoms with van der Waals surface area (Å²) in [4.78, 5) is 2.14. The quantitative estimate of drug-likeness (QED) is 0.783. The van der Waals surface area contributed by atoms with Crippen molar-refractivity contribution >= 4 is 23.0 Å². The first-order chi connectivity index (χ1) is 8.56. The number of hydrogen-bond acceptors (Lipinski definition) is 1. The zero-order valence-corrected chi connectivity index (χ0v) is 11.6. The smallest absolute Gasteiger partial charge is 0.173 e. The number of halogens is 1. The minimum absolute atomic E-state index is 0.266. The molecule has 0 saturated carbocycles. The van der Waals surface area contributed by atoms with E-state index >= 15 is 0 Å². The van der Waals surface area contributed by atoms with Gasteiger partial charge in [0.05, 0.1) is 5.69 Å². The van der Waals surface area contributed by atoms with Gasteiger partial charge in [-0.2, -0.15) is 0 Å². The van der Waals surface area contributed by atoms with Crippen LogP contribution in [-0.4, -0.2) is 23.1 Å². The normalized spacial score (nSPS) is 23.8. The number of rotatable bonds is 1. The van der Waals surface area contributed by atoms with Gasteiger partial charge in [0.15, 0.2) is 5.11 Å². The number of anilines is 1. The van der Waals surface area contributed by atoms with E-state index < -0.39 is 0 Å². The zero-order valence-electron chi connectivity index (χ0n) is 10.8. The van der Waals surface area contributed by atoms with Gasteiger partial charge in [0.1, 0.15) is 5.82 Å². The second-order valence-electron chi connectivity index (χ2n) is 5.26. The summed E-state index contributed by atoms with van der Waals surface area (Å²) in [5.41, 5.74) is 0.452. The lowest BCUT2D eigenvalue weighted by Gasteiger charge is -2.36. The molecule has 2 unspecified atom stereocenters. The Morgan fingerprint density at radius 3 is 2.50 bits per heavy atom. The van der Waals surface area contributed by atoms with E-state index in [1.807, 2.05) is 0 Å². The molecule has 1 fully saturated rings. The average Bonchev–Trinajstić information content (AvgIpc) is 2.31. The Hall–Kier alpha value is -1.16. The first-order valence-corrected chi connectivity index (χ1v) is 6.77. The lowest BCUT2D eigenvalue weighted by molar-refractivity contribution is 0.216. The minimum atomic E-state index is -0.266. The maximum atomic E-state index is 13.5. The highest BCUT2D eigenvalue weighted by molar-refractivity contribution is 7.80. The molecule has 2 rings (SSSR count). The van der Waals surface area contributed by atoms with Gasteiger partial charge in [-0.1, -0.05) is 26.0 Å². The van der Waals surface area contributed by atoms with E-state index in [4.69, 9.17) is 12.2 Å². The Balaban J connectivity index is 2.02. The van der Waals surface area contributed by atoms with Gasteiger partial charge in [-0.3, -0.25) is 0 Å². The van der Waals surface area contributed by atoms with Gasteiger partial charge in [-0.25, -0.2) is 4.39 Å². The van der Waals surface area contributed by atoms with Crippen LogP contribution in [0.25, 0.3) is 0 Å². The van der Waals surface area contributed by atoms with Crippen LogP contribution < -0.4 is 5.32 Å². The minimum Gasteiger partial charge on any atom is -0.348 e. The van der Waals surface area contributed by atoms with Gasteiger partial charge in [0.25, 0.3) is 0 Å². The Morgan fingerprint density at radius 2 is 1.89 bits per heavy atom. The number of nitrogens with one attached hydrogen (secondary N) is 1. The molecular weight excluding hydrogens is 247 g/mol. The van der Waals surface area contributed by atoms with Gasteiger partial charge in [-0.15, -0.1) is 0 Å². The number of para-hydroxylation sites is 1. The molecule has 1 heterocycles. The highest BCUT2D eigenvalue weighted by Crippen LogP contribution is 2.22. The fourth-order valence-corrected chi connectivity index (χ4v) is 2.84. The summed E-state index contributed by atoms with van der Waals surface area (Å²) < 4.78 is 13.5. The van der Waals surface area contributed by atoms with E-state index in [9.17, 15) is 4.39 Å². The van der Waals surface area contributed by atoms with Crippen LogP contribution in [0, 0.1) is 17.7 Å². The molecule has 0 radical (unpaired) electrons. The van der Waals surface area contributed by atoms with Crippen LogP contribution in [0.1, 0.15) is 20.3 Å². The second kappa shape index (κ2) is 5.65. The summed E-state index contributed by atoms with van der Waals surface area (Å²) in [7, 11) is 0. The van der Waals surface area contributed by atoms with Crippen LogP contribution in [0.15, 0.2) is 24.3 Å². The van der Waals surface area contributed by atoms with Crippen molar-refractivity contribution < 1.29 is 4.39 Å². The van der Waals surface area contributed by atoms with E-state index in [1.54, 1.807) is 18.2 Å². The van der Waals surface area contributed by atoms with Crippen LogP contribution in [0.3, 0.4) is 0 Å². The van der Waals surface area contributed by atoms with Gasteiger partial charge >= 0.3 is 0 Å². The summed E-state index contributed by atoms with van der Waals surface area (Å²) in [5.74, 6) is 1.00. The van der Waals surface area contributed by atoms with E-state index in [0.29, 0.717) is 22.6 Å². The monoisotopic (exact) mass is 266 g/mol. The van der Waals surface area contributed by atoms with Gasteiger partial charge < -0.3 is 10.2 Å². The fourth-order valence-electron chi connectivity index (χ4n) is 2.59. The fraction of sp³-hybridized carbons (Fsp3) is 0.500. The van der Waals surface area contributed by atoms with Crippen LogP contribution >= 0.6 is 12.2 Å². The predicted molar refractivity (Wildman–Crippen MR) is 77.1 cm³/mol. The van der Waals surface area contributed by atoms with Crippen LogP contribution in [0.4, 0.5) is 10.1 Å². The summed E-state index contributed by atoms with van der Waals surface area (Å²) in [6, 6.07) is 6.62. The van der Waals surface area contributed by atoms with E-state index in [2.05, 4.69) is 24.1 Å². The van der Waals surface area contributed by atoms with Crippen molar-refractivity contribution in [3.63, 3.8) is 0 Å². The third kappa shape index (κ3) is 3.19. The predicted octanol–water partition coefficient (Wildman–Crippen LogP) is 3.50. The summed E-state index contributed by atoms with van der Waals surface area (Å²) in [6.07, 6.45) is 1.23. The summed E-state index contributed by atoms with van der Waals surface area (Å²) in [5, 5.41) is 3.63. The SMILES string of the molecule is CC1CC(C)CN(C(=S)Nc2ccccc2F)C1. The maximum Gasteiger partial charge on any atom is 0.173 e. The molecule has 0 amide bonds. The number of hydrogen-bond donors (Lipinski definition) is 1. The van der Waals surface area contributed by atoms with Gasteiger partial charge in [-0.05, 0) is 42.6 Å². The Bertz CT molecular complexity index is 426. The molecule has 18 heavy (non-hydrogen) atoms. The third-order valence-electron chi connectivity index (χ3n) is 3.27. The molecule has 2 atom stereocenters. The van der Waals surface area contributed by atoms with Crippen molar-refractivity contribution in [1.29, 1.82) is 0 Å². The Kier molecular flexibility index (Phi) is 4.17. The second-order valence-corrected chi connectivity index (χ2v) is 5.65. The van der Waals surface area contributed by atoms with Crippen molar-refractivity contribution in [2.75, 3.05) is 18.4 Å². The molecule has 0 spiro atoms. The van der Waals surface area contributed by atoms with Crippen LogP contribution in [0.5, 0.6) is 0 Å². The highest BCUT2D eigenvalue weighted by atomic mass is 32.1. The molecule has 2 nitrogen and oxygen atoms in total. The van der Waals surface area contributed by atoms with Gasteiger partial charge in [0.2, 0.25) is 0 Å². The Labute approximate surface area is 113 Å². The number of thiocarbonyl (C=S) groups is 1. The molecule has 1 aromatic rings. The number of nitrogens with zero attached hydrogens (tertiary/aromatic N) is 1. The van der Waals surface area contributed by atoms with Gasteiger partial charge in [0, 0.05) is 13.1 Å². The van der Waals surface area contributed by atoms with Crippen LogP contribution in [-0.2, 0) is 0 Å². The van der Waals surface area contributed by atoms with E-state index in [1.165, 1.54) is 12.5 Å². The van der Waals surface area contributed by atoms with E-state index in [-0.39, 0.29) is 5.82 Å². The molecule has 1 saturated heterocycles. The zero-order chi connectivity index (χ0) is 13.1. The van der Waals surface area contributed by atoms with Crippen LogP contribution in [0.2, 0.25) is 0 Å². The number of piperidine rings is 1. The molecule has 1 aliphatic heterocycles. The standard InChI is InChI=1S/C14H19FN2S/c1-10-7-11(2)9-17(8-10)14(18)16-13-6-4-3-5-12(13)15/h3-6,10-11H,7-9H2,1-2H3,(H,16,18). The third-order valence-corrected chi connectivity index (χ3v) is 3.63. The Morgan fingerprint density at radius 1 is 1.28 bits per heavy atom. The molecule has 0 bridgehead atoms.